The summed E-state index contributed by atoms with van der Waals surface area (Å²) >= 11 is 0. The van der Waals surface area contributed by atoms with Gasteiger partial charge >= 0.3 is 0 Å². The van der Waals surface area contributed by atoms with Crippen molar-refractivity contribution in [3.63, 3.8) is 0 Å². The fourth-order valence-corrected chi connectivity index (χ4v) is 2.87. The molecule has 0 amide bonds. The van der Waals surface area contributed by atoms with E-state index in [1.54, 1.807) is 0 Å². The van der Waals surface area contributed by atoms with Gasteiger partial charge in [0.2, 0.25) is 0 Å². The van der Waals surface area contributed by atoms with Gasteiger partial charge in [0, 0.05) is 18.6 Å². The van der Waals surface area contributed by atoms with Crippen LogP contribution in [0.2, 0.25) is 0 Å². The molecular weight excluding hydrogens is 208 g/mol. The van der Waals surface area contributed by atoms with Gasteiger partial charge in [0.15, 0.2) is 0 Å². The van der Waals surface area contributed by atoms with E-state index in [1.807, 2.05) is 0 Å². The number of rotatable bonds is 5. The van der Waals surface area contributed by atoms with Gasteiger partial charge in [-0.05, 0) is 44.2 Å². The van der Waals surface area contributed by atoms with Gasteiger partial charge in [-0.25, -0.2) is 0 Å². The molecule has 2 nitrogen and oxygen atoms in total. The molecule has 1 rings (SSSR count). The predicted molar refractivity (Wildman–Crippen MR) is 76.4 cm³/mol. The first kappa shape index (κ1) is 15.0. The third-order valence-electron chi connectivity index (χ3n) is 4.75. The average Bonchev–Trinajstić information content (AvgIpc) is 2.29. The number of nitrogens with one attached hydrogen (secondary N) is 1. The lowest BCUT2D eigenvalue weighted by Gasteiger charge is -2.45. The summed E-state index contributed by atoms with van der Waals surface area (Å²) < 4.78 is 0. The Morgan fingerprint density at radius 1 is 1.24 bits per heavy atom. The van der Waals surface area contributed by atoms with Gasteiger partial charge < -0.3 is 5.32 Å². The van der Waals surface area contributed by atoms with Crippen LogP contribution in [-0.2, 0) is 0 Å². The van der Waals surface area contributed by atoms with Crippen LogP contribution < -0.4 is 5.32 Å². The molecule has 2 heteroatoms. The minimum Gasteiger partial charge on any atom is -0.314 e. The molecule has 0 spiro atoms. The summed E-state index contributed by atoms with van der Waals surface area (Å²) in [6.07, 6.45) is 2.57. The number of piperidine rings is 1. The third-order valence-corrected chi connectivity index (χ3v) is 4.75. The van der Waals surface area contributed by atoms with E-state index in [1.165, 1.54) is 25.9 Å². The van der Waals surface area contributed by atoms with Crippen molar-refractivity contribution in [2.24, 2.45) is 11.3 Å². The van der Waals surface area contributed by atoms with Gasteiger partial charge in [-0.2, -0.15) is 0 Å². The average molecular weight is 240 g/mol. The first-order valence-corrected chi connectivity index (χ1v) is 7.38. The minimum absolute atomic E-state index is 0.457. The lowest BCUT2D eigenvalue weighted by molar-refractivity contribution is 0.0511. The van der Waals surface area contributed by atoms with E-state index in [2.05, 4.69) is 51.8 Å². The maximum atomic E-state index is 3.64. The summed E-state index contributed by atoms with van der Waals surface area (Å²) in [4.78, 5) is 2.70. The molecule has 17 heavy (non-hydrogen) atoms. The Hall–Kier alpha value is -0.0800. The van der Waals surface area contributed by atoms with Gasteiger partial charge in [0.25, 0.3) is 0 Å². The molecular formula is C15H32N2. The van der Waals surface area contributed by atoms with Gasteiger partial charge in [-0.3, -0.25) is 4.90 Å². The first-order chi connectivity index (χ1) is 7.91. The van der Waals surface area contributed by atoms with Crippen LogP contribution in [0.1, 0.15) is 54.4 Å². The molecule has 0 aromatic carbocycles. The zero-order valence-electron chi connectivity index (χ0n) is 12.7. The van der Waals surface area contributed by atoms with Crippen LogP contribution >= 0.6 is 0 Å². The first-order valence-electron chi connectivity index (χ1n) is 7.38. The molecule has 1 fully saturated rings. The Morgan fingerprint density at radius 2 is 1.88 bits per heavy atom. The highest BCUT2D eigenvalue weighted by Crippen LogP contribution is 2.29. The number of hydrogen-bond acceptors (Lipinski definition) is 2. The van der Waals surface area contributed by atoms with Gasteiger partial charge in [-0.15, -0.1) is 0 Å². The summed E-state index contributed by atoms with van der Waals surface area (Å²) in [6.45, 7) is 17.7. The van der Waals surface area contributed by atoms with Crippen LogP contribution in [0.5, 0.6) is 0 Å². The van der Waals surface area contributed by atoms with Crippen molar-refractivity contribution >= 4 is 0 Å². The van der Waals surface area contributed by atoms with Crippen molar-refractivity contribution in [2.75, 3.05) is 19.6 Å². The van der Waals surface area contributed by atoms with Gasteiger partial charge in [0.1, 0.15) is 0 Å². The molecule has 1 aliphatic heterocycles. The number of nitrogens with zero attached hydrogens (tertiary/aromatic N) is 1. The second-order valence-electron chi connectivity index (χ2n) is 6.54. The SMILES string of the molecule is CCNC1CCN(CC(C)(C)CC)C(C)C1C. The summed E-state index contributed by atoms with van der Waals surface area (Å²) in [7, 11) is 0. The number of likely N-dealkylation sites (tertiary alicyclic amines) is 1. The van der Waals surface area contributed by atoms with Crippen LogP contribution in [-0.4, -0.2) is 36.6 Å². The molecule has 0 radical (unpaired) electrons. The third kappa shape index (κ3) is 3.96. The zero-order chi connectivity index (χ0) is 13.1. The van der Waals surface area contributed by atoms with Crippen molar-refractivity contribution in [2.45, 2.75) is 66.5 Å². The van der Waals surface area contributed by atoms with Crippen molar-refractivity contribution in [3.8, 4) is 0 Å². The molecule has 1 aliphatic rings. The highest BCUT2D eigenvalue weighted by Gasteiger charge is 2.33. The van der Waals surface area contributed by atoms with Crippen molar-refractivity contribution in [1.82, 2.24) is 10.2 Å². The summed E-state index contributed by atoms with van der Waals surface area (Å²) in [5, 5.41) is 3.64. The maximum absolute atomic E-state index is 3.64. The zero-order valence-corrected chi connectivity index (χ0v) is 12.7. The monoisotopic (exact) mass is 240 g/mol. The highest BCUT2D eigenvalue weighted by atomic mass is 15.2. The molecule has 0 saturated carbocycles. The quantitative estimate of drug-likeness (QED) is 0.794. The molecule has 0 aliphatic carbocycles. The standard InChI is InChI=1S/C15H32N2/c1-7-15(5,6)11-17-10-9-14(16-8-2)12(3)13(17)4/h12-14,16H,7-11H2,1-6H3. The molecule has 102 valence electrons. The Morgan fingerprint density at radius 3 is 2.41 bits per heavy atom. The lowest BCUT2D eigenvalue weighted by Crippen LogP contribution is -2.55. The molecule has 3 atom stereocenters. The Labute approximate surface area is 108 Å². The second-order valence-corrected chi connectivity index (χ2v) is 6.54. The molecule has 0 bridgehead atoms. The Kier molecular flexibility index (Phi) is 5.46. The van der Waals surface area contributed by atoms with Gasteiger partial charge in [-0.1, -0.05) is 34.6 Å². The minimum atomic E-state index is 0.457. The summed E-state index contributed by atoms with van der Waals surface area (Å²) in [5.41, 5.74) is 0.457. The highest BCUT2D eigenvalue weighted by molar-refractivity contribution is 4.90. The fourth-order valence-electron chi connectivity index (χ4n) is 2.87. The maximum Gasteiger partial charge on any atom is 0.0120 e. The van der Waals surface area contributed by atoms with E-state index in [0.29, 0.717) is 11.5 Å². The van der Waals surface area contributed by atoms with Crippen LogP contribution in [0.4, 0.5) is 0 Å². The molecule has 1 saturated heterocycles. The largest absolute Gasteiger partial charge is 0.314 e. The number of hydrogen-bond donors (Lipinski definition) is 1. The fraction of sp³-hybridized carbons (Fsp3) is 1.00. The Bertz CT molecular complexity index is 225. The van der Waals surface area contributed by atoms with Crippen LogP contribution in [0.15, 0.2) is 0 Å². The van der Waals surface area contributed by atoms with Crippen LogP contribution in [0, 0.1) is 11.3 Å². The van der Waals surface area contributed by atoms with Crippen molar-refractivity contribution in [3.05, 3.63) is 0 Å². The van der Waals surface area contributed by atoms with E-state index in [0.717, 1.165) is 18.5 Å². The second kappa shape index (κ2) is 6.19. The van der Waals surface area contributed by atoms with Crippen molar-refractivity contribution < 1.29 is 0 Å². The van der Waals surface area contributed by atoms with E-state index < -0.39 is 0 Å². The lowest BCUT2D eigenvalue weighted by atomic mass is 9.83. The molecule has 0 aromatic rings. The molecule has 1 heterocycles. The van der Waals surface area contributed by atoms with Gasteiger partial charge in [0.05, 0.1) is 0 Å². The molecule has 1 N–H and O–H groups in total. The summed E-state index contributed by atoms with van der Waals surface area (Å²) in [6, 6.07) is 1.43. The van der Waals surface area contributed by atoms with Crippen LogP contribution in [0.25, 0.3) is 0 Å². The molecule has 3 unspecified atom stereocenters. The van der Waals surface area contributed by atoms with E-state index in [-0.39, 0.29) is 0 Å². The van der Waals surface area contributed by atoms with Crippen LogP contribution in [0.3, 0.4) is 0 Å². The van der Waals surface area contributed by atoms with E-state index in [9.17, 15) is 0 Å². The normalized spacial score (nSPS) is 31.8. The molecule has 0 aromatic heterocycles. The Balaban J connectivity index is 2.56. The predicted octanol–water partition coefficient (Wildman–Crippen LogP) is 3.13. The summed E-state index contributed by atoms with van der Waals surface area (Å²) in [5.74, 6) is 0.761. The topological polar surface area (TPSA) is 15.3 Å². The van der Waals surface area contributed by atoms with Crippen molar-refractivity contribution in [1.29, 1.82) is 0 Å². The van der Waals surface area contributed by atoms with E-state index >= 15 is 0 Å². The smallest absolute Gasteiger partial charge is 0.0120 e. The van der Waals surface area contributed by atoms with E-state index in [4.69, 9.17) is 0 Å².